The number of rotatable bonds is 22. The van der Waals surface area contributed by atoms with Gasteiger partial charge in [0.05, 0.1) is 25.4 Å². The second-order valence-corrected chi connectivity index (χ2v) is 13.4. The summed E-state index contributed by atoms with van der Waals surface area (Å²) in [4.78, 5) is 23.9. The van der Waals surface area contributed by atoms with Gasteiger partial charge < -0.3 is 30.7 Å². The van der Waals surface area contributed by atoms with E-state index in [0.717, 1.165) is 19.3 Å². The molecule has 2 heterocycles. The van der Waals surface area contributed by atoms with E-state index in [9.17, 15) is 29.6 Å². The fourth-order valence-electron chi connectivity index (χ4n) is 5.07. The number of nitrogens with two attached hydrogens (primary N) is 1. The molecule has 14 heteroatoms. The molecule has 7 N–H and O–H groups in total. The van der Waals surface area contributed by atoms with Gasteiger partial charge in [-0.05, 0) is 25.6 Å². The van der Waals surface area contributed by atoms with Crippen LogP contribution in [0, 0.1) is 4.77 Å². The third kappa shape index (κ3) is 12.6. The van der Waals surface area contributed by atoms with Crippen molar-refractivity contribution in [2.24, 2.45) is 5.73 Å². The fraction of sp³-hybridized carbons (Fsp3) is 0.857. The molecule has 0 spiro atoms. The van der Waals surface area contributed by atoms with Crippen LogP contribution in [-0.2, 0) is 18.3 Å². The molecule has 42 heavy (non-hydrogen) atoms. The molecule has 0 saturated carbocycles. The van der Waals surface area contributed by atoms with E-state index in [1.54, 1.807) is 0 Å². The normalized spacial score (nSPS) is 25.4. The zero-order valence-corrected chi connectivity index (χ0v) is 26.8. The lowest BCUT2D eigenvalue weighted by Gasteiger charge is -2.28. The number of aliphatic hydroxyl groups is 3. The highest BCUT2D eigenvalue weighted by molar-refractivity contribution is 7.71. The summed E-state index contributed by atoms with van der Waals surface area (Å²) >= 11 is 5.10. The van der Waals surface area contributed by atoms with Crippen molar-refractivity contribution in [1.82, 2.24) is 9.55 Å². The van der Waals surface area contributed by atoms with Crippen molar-refractivity contribution in [1.29, 1.82) is 0 Å². The van der Waals surface area contributed by atoms with Crippen molar-refractivity contribution < 1.29 is 38.6 Å². The van der Waals surface area contributed by atoms with Crippen LogP contribution in [0.1, 0.15) is 110 Å². The third-order valence-electron chi connectivity index (χ3n) is 7.79. The van der Waals surface area contributed by atoms with Gasteiger partial charge in [0.25, 0.3) is 5.56 Å². The Morgan fingerprint density at radius 1 is 1.10 bits per heavy atom. The van der Waals surface area contributed by atoms with Crippen LogP contribution in [0.25, 0.3) is 0 Å². The minimum Gasteiger partial charge on any atom is -0.391 e. The number of aromatic amines is 1. The second kappa shape index (κ2) is 18.7. The van der Waals surface area contributed by atoms with Gasteiger partial charge in [-0.1, -0.05) is 90.4 Å². The van der Waals surface area contributed by atoms with Crippen LogP contribution in [0.15, 0.2) is 17.1 Å². The Morgan fingerprint density at radius 3 is 2.19 bits per heavy atom. The number of aliphatic hydroxyl groups excluding tert-OH is 2. The van der Waals surface area contributed by atoms with E-state index < -0.39 is 62.8 Å². The summed E-state index contributed by atoms with van der Waals surface area (Å²) in [5.74, 6) is 0. The monoisotopic (exact) mass is 637 g/mol. The number of unbranched alkanes of at least 4 members (excludes halogenated alkanes) is 12. The topological polar surface area (TPSA) is 189 Å². The molecule has 2 unspecified atom stereocenters. The first-order valence-corrected chi connectivity index (χ1v) is 17.2. The average Bonchev–Trinajstić information content (AvgIpc) is 3.16. The number of hydrogen-bond acceptors (Lipinski definition) is 10. The van der Waals surface area contributed by atoms with Gasteiger partial charge >= 0.3 is 7.82 Å². The van der Waals surface area contributed by atoms with E-state index in [2.05, 4.69) is 11.9 Å². The van der Waals surface area contributed by atoms with E-state index >= 15 is 0 Å². The molecular weight excluding hydrogens is 585 g/mol. The number of phosphoric acid groups is 1. The zero-order valence-electron chi connectivity index (χ0n) is 25.1. The lowest BCUT2D eigenvalue weighted by Crippen LogP contribution is -2.44. The van der Waals surface area contributed by atoms with Crippen LogP contribution in [0.3, 0.4) is 0 Å². The Hall–Kier alpha value is -0.990. The highest BCUT2D eigenvalue weighted by Crippen LogP contribution is 2.45. The first kappa shape index (κ1) is 37.2. The SMILES string of the molecule is CCCCCCCCCCCCCCC[C@@H](O)[C@@H](N)COP(=O)(O)OC[C@H]1O[C@@H](n2ccc(=O)[nH]c2=S)[C@](C)(O)C1O. The minimum absolute atomic E-state index is 0.0379. The minimum atomic E-state index is -4.61. The van der Waals surface area contributed by atoms with Crippen LogP contribution in [0.2, 0.25) is 0 Å². The molecule has 0 aliphatic carbocycles. The Morgan fingerprint density at radius 2 is 1.64 bits per heavy atom. The summed E-state index contributed by atoms with van der Waals surface area (Å²) < 4.78 is 29.2. The van der Waals surface area contributed by atoms with Gasteiger partial charge in [0.1, 0.15) is 17.8 Å². The van der Waals surface area contributed by atoms with Crippen molar-refractivity contribution in [3.8, 4) is 0 Å². The standard InChI is InChI=1S/C28H52N3O9PS/c1-3-4-5-6-7-8-9-10-11-12-13-14-15-16-22(32)21(29)19-38-41(36,37)39-20-23-25(34)28(2,35)26(40-23)31-18-17-24(33)30-27(31)42/h17-18,21-23,25-26,32,34-35H,3-16,19-20,29H2,1-2H3,(H,36,37)(H,30,33,42)/t21-,22+,23+,25?,26+,28+/m0/s1. The van der Waals surface area contributed by atoms with Crippen LogP contribution in [0.4, 0.5) is 0 Å². The van der Waals surface area contributed by atoms with Crippen molar-refractivity contribution >= 4 is 20.0 Å². The molecular formula is C28H52N3O9PS. The Kier molecular flexibility index (Phi) is 16.6. The molecule has 1 fully saturated rings. The highest BCUT2D eigenvalue weighted by atomic mass is 32.1. The van der Waals surface area contributed by atoms with E-state index in [-0.39, 0.29) is 4.77 Å². The first-order valence-electron chi connectivity index (χ1n) is 15.3. The number of hydrogen-bond donors (Lipinski definition) is 6. The van der Waals surface area contributed by atoms with Gasteiger partial charge in [-0.15, -0.1) is 0 Å². The quantitative estimate of drug-likeness (QED) is 0.0607. The van der Waals surface area contributed by atoms with Crippen molar-refractivity contribution in [3.05, 3.63) is 27.4 Å². The second-order valence-electron chi connectivity index (χ2n) is 11.5. The van der Waals surface area contributed by atoms with Gasteiger partial charge in [-0.3, -0.25) is 23.4 Å². The van der Waals surface area contributed by atoms with E-state index in [0.29, 0.717) is 6.42 Å². The largest absolute Gasteiger partial charge is 0.472 e. The summed E-state index contributed by atoms with van der Waals surface area (Å²) in [6, 6.07) is 0.296. The number of ether oxygens (including phenoxy) is 1. The maximum absolute atomic E-state index is 12.4. The molecule has 1 aliphatic heterocycles. The molecule has 0 bridgehead atoms. The van der Waals surface area contributed by atoms with Gasteiger partial charge in [0.15, 0.2) is 11.0 Å². The van der Waals surface area contributed by atoms with Gasteiger partial charge in [0.2, 0.25) is 0 Å². The Bertz CT molecular complexity index is 1070. The number of nitrogens with zero attached hydrogens (tertiary/aromatic N) is 1. The number of nitrogens with one attached hydrogen (secondary N) is 1. The maximum atomic E-state index is 12.4. The molecule has 2 rings (SSSR count). The lowest BCUT2D eigenvalue weighted by molar-refractivity contribution is -0.0978. The fourth-order valence-corrected chi connectivity index (χ4v) is 6.10. The highest BCUT2D eigenvalue weighted by Gasteiger charge is 2.53. The predicted octanol–water partition coefficient (Wildman–Crippen LogP) is 4.22. The molecule has 0 aromatic carbocycles. The summed E-state index contributed by atoms with van der Waals surface area (Å²) in [6.07, 6.45) is 12.9. The van der Waals surface area contributed by atoms with Gasteiger partial charge in [-0.2, -0.15) is 0 Å². The summed E-state index contributed by atoms with van der Waals surface area (Å²) in [5, 5.41) is 31.7. The summed E-state index contributed by atoms with van der Waals surface area (Å²) in [7, 11) is -4.61. The summed E-state index contributed by atoms with van der Waals surface area (Å²) in [5.41, 5.74) is 3.66. The smallest absolute Gasteiger partial charge is 0.391 e. The van der Waals surface area contributed by atoms with Crippen LogP contribution < -0.4 is 11.3 Å². The molecule has 1 saturated heterocycles. The average molecular weight is 638 g/mol. The van der Waals surface area contributed by atoms with Crippen LogP contribution in [0.5, 0.6) is 0 Å². The maximum Gasteiger partial charge on any atom is 0.472 e. The molecule has 1 aromatic heterocycles. The molecule has 244 valence electrons. The lowest BCUT2D eigenvalue weighted by atomic mass is 9.96. The Labute approximate surface area is 254 Å². The van der Waals surface area contributed by atoms with Gasteiger partial charge in [-0.25, -0.2) is 4.57 Å². The first-order chi connectivity index (χ1) is 19.9. The van der Waals surface area contributed by atoms with E-state index in [4.69, 9.17) is 31.7 Å². The molecule has 7 atom stereocenters. The number of H-pyrrole nitrogens is 1. The van der Waals surface area contributed by atoms with Crippen LogP contribution >= 0.6 is 20.0 Å². The molecule has 0 radical (unpaired) electrons. The van der Waals surface area contributed by atoms with E-state index in [1.807, 2.05) is 0 Å². The van der Waals surface area contributed by atoms with Crippen molar-refractivity contribution in [2.45, 2.75) is 140 Å². The zero-order chi connectivity index (χ0) is 31.2. The molecule has 1 aliphatic rings. The Balaban J connectivity index is 1.62. The predicted molar refractivity (Wildman–Crippen MR) is 162 cm³/mol. The summed E-state index contributed by atoms with van der Waals surface area (Å²) in [6.45, 7) is 2.55. The molecule has 12 nitrogen and oxygen atoms in total. The van der Waals surface area contributed by atoms with Crippen molar-refractivity contribution in [3.63, 3.8) is 0 Å². The number of phosphoric ester groups is 1. The van der Waals surface area contributed by atoms with E-state index in [1.165, 1.54) is 88.0 Å². The van der Waals surface area contributed by atoms with Gasteiger partial charge in [0, 0.05) is 12.3 Å². The number of aromatic nitrogens is 2. The van der Waals surface area contributed by atoms with Crippen LogP contribution in [-0.4, -0.2) is 72.9 Å². The third-order valence-corrected chi connectivity index (χ3v) is 9.05. The molecule has 0 amide bonds. The van der Waals surface area contributed by atoms with Crippen molar-refractivity contribution in [2.75, 3.05) is 13.2 Å². The molecule has 1 aromatic rings.